The first-order valence-electron chi connectivity index (χ1n) is 8.04. The maximum absolute atomic E-state index is 12.5. The van der Waals surface area contributed by atoms with Gasteiger partial charge in [0.2, 0.25) is 5.91 Å². The van der Waals surface area contributed by atoms with Gasteiger partial charge >= 0.3 is 0 Å². The Labute approximate surface area is 142 Å². The first kappa shape index (κ1) is 19.8. The van der Waals surface area contributed by atoms with Crippen molar-refractivity contribution in [1.29, 1.82) is 0 Å². The molecule has 24 heavy (non-hydrogen) atoms. The van der Waals surface area contributed by atoms with Gasteiger partial charge in [0, 0.05) is 37.3 Å². The van der Waals surface area contributed by atoms with Crippen LogP contribution in [0.3, 0.4) is 0 Å². The number of hydrogen-bond acceptors (Lipinski definition) is 5. The number of Topliss-reactive ketones (excluding diaryl/α,β-unsaturated/α-hetero) is 1. The predicted octanol–water partition coefficient (Wildman–Crippen LogP) is 1.45. The van der Waals surface area contributed by atoms with Crippen molar-refractivity contribution in [2.75, 3.05) is 19.6 Å². The Morgan fingerprint density at radius 3 is 2.50 bits per heavy atom. The molecule has 0 aliphatic heterocycles. The molecule has 0 atom stereocenters. The zero-order valence-corrected chi connectivity index (χ0v) is 14.7. The lowest BCUT2D eigenvalue weighted by Crippen LogP contribution is -2.43. The zero-order chi connectivity index (χ0) is 18.3. The molecule has 0 aliphatic rings. The van der Waals surface area contributed by atoms with E-state index in [1.165, 1.54) is 27.9 Å². The first-order valence-corrected chi connectivity index (χ1v) is 8.04. The van der Waals surface area contributed by atoms with Crippen molar-refractivity contribution in [1.82, 2.24) is 14.8 Å². The van der Waals surface area contributed by atoms with Crippen LogP contribution in [-0.2, 0) is 16.1 Å². The molecule has 0 unspecified atom stereocenters. The van der Waals surface area contributed by atoms with Gasteiger partial charge in [-0.2, -0.15) is 0 Å². The number of nitrogens with zero attached hydrogens (tertiary/aromatic N) is 3. The largest absolute Gasteiger partial charge is 0.339 e. The number of rotatable bonds is 10. The number of carbonyl (C=O) groups excluding carboxylic acids is 2. The van der Waals surface area contributed by atoms with Gasteiger partial charge in [-0.3, -0.25) is 19.7 Å². The lowest BCUT2D eigenvalue weighted by atomic mass is 10.1. The smallest absolute Gasteiger partial charge is 0.286 e. The Hall–Kier alpha value is -2.22. The molecule has 0 aromatic carbocycles. The minimum Gasteiger partial charge on any atom is -0.339 e. The number of aromatic nitrogens is 1. The van der Waals surface area contributed by atoms with E-state index < -0.39 is 4.92 Å². The molecule has 134 valence electrons. The van der Waals surface area contributed by atoms with Crippen LogP contribution in [0, 0.1) is 16.0 Å². The highest BCUT2D eigenvalue weighted by atomic mass is 16.6. The van der Waals surface area contributed by atoms with E-state index in [0.717, 1.165) is 0 Å². The molecule has 0 saturated heterocycles. The van der Waals surface area contributed by atoms with Gasteiger partial charge in [0.05, 0.1) is 17.7 Å². The van der Waals surface area contributed by atoms with Gasteiger partial charge in [0.25, 0.3) is 5.69 Å². The van der Waals surface area contributed by atoms with Crippen LogP contribution in [0.4, 0.5) is 5.69 Å². The molecule has 0 aliphatic carbocycles. The Morgan fingerprint density at radius 1 is 1.33 bits per heavy atom. The second kappa shape index (κ2) is 9.17. The van der Waals surface area contributed by atoms with E-state index in [2.05, 4.69) is 5.32 Å². The molecular weight excluding hydrogens is 312 g/mol. The zero-order valence-electron chi connectivity index (χ0n) is 14.7. The Morgan fingerprint density at radius 2 is 2.00 bits per heavy atom. The van der Waals surface area contributed by atoms with E-state index in [1.807, 2.05) is 13.8 Å². The highest BCUT2D eigenvalue weighted by Crippen LogP contribution is 2.11. The molecular formula is C16H26N4O4. The molecule has 1 N–H and O–H groups in total. The van der Waals surface area contributed by atoms with E-state index in [0.29, 0.717) is 13.1 Å². The third kappa shape index (κ3) is 6.49. The summed E-state index contributed by atoms with van der Waals surface area (Å²) in [6.45, 7) is 8.63. The fourth-order valence-corrected chi connectivity index (χ4v) is 2.04. The van der Waals surface area contributed by atoms with Crippen molar-refractivity contribution in [2.45, 2.75) is 40.3 Å². The monoisotopic (exact) mass is 338 g/mol. The molecule has 1 aromatic heterocycles. The molecule has 0 radical (unpaired) electrons. The normalized spacial score (nSPS) is 11.1. The van der Waals surface area contributed by atoms with Crippen LogP contribution in [-0.4, -0.2) is 51.8 Å². The number of ketones is 1. The quantitative estimate of drug-likeness (QED) is 0.514. The van der Waals surface area contributed by atoms with Crippen molar-refractivity contribution >= 4 is 17.4 Å². The Bertz CT molecular complexity index is 580. The molecule has 0 saturated carbocycles. The lowest BCUT2D eigenvalue weighted by molar-refractivity contribution is -0.384. The molecule has 0 bridgehead atoms. The molecule has 0 spiro atoms. The Balaban J connectivity index is 2.73. The minimum atomic E-state index is -0.506. The molecule has 1 amide bonds. The average Bonchev–Trinajstić information content (AvgIpc) is 2.94. The maximum atomic E-state index is 12.5. The number of amides is 1. The third-order valence-corrected chi connectivity index (χ3v) is 3.54. The molecule has 0 fully saturated rings. The van der Waals surface area contributed by atoms with E-state index in [-0.39, 0.29) is 42.4 Å². The highest BCUT2D eigenvalue weighted by Gasteiger charge is 2.20. The summed E-state index contributed by atoms with van der Waals surface area (Å²) in [5.74, 6) is -0.391. The summed E-state index contributed by atoms with van der Waals surface area (Å²) in [7, 11) is 0. The molecule has 8 nitrogen and oxygen atoms in total. The van der Waals surface area contributed by atoms with E-state index in [4.69, 9.17) is 0 Å². The van der Waals surface area contributed by atoms with Crippen molar-refractivity contribution in [3.05, 3.63) is 28.6 Å². The van der Waals surface area contributed by atoms with Crippen LogP contribution in [0.15, 0.2) is 18.5 Å². The number of nitrogens with one attached hydrogen (secondary N) is 1. The number of hydrogen-bond donors (Lipinski definition) is 1. The van der Waals surface area contributed by atoms with Gasteiger partial charge in [-0.25, -0.2) is 0 Å². The van der Waals surface area contributed by atoms with Crippen LogP contribution in [0.25, 0.3) is 0 Å². The summed E-state index contributed by atoms with van der Waals surface area (Å²) in [4.78, 5) is 36.2. The van der Waals surface area contributed by atoms with Gasteiger partial charge in [-0.1, -0.05) is 27.7 Å². The lowest BCUT2D eigenvalue weighted by Gasteiger charge is -2.24. The molecule has 1 rings (SSSR count). The summed E-state index contributed by atoms with van der Waals surface area (Å²) in [5, 5.41) is 13.9. The fourth-order valence-electron chi connectivity index (χ4n) is 2.04. The van der Waals surface area contributed by atoms with Crippen molar-refractivity contribution in [2.24, 2.45) is 5.92 Å². The van der Waals surface area contributed by atoms with Crippen LogP contribution >= 0.6 is 0 Å². The van der Waals surface area contributed by atoms with Crippen LogP contribution < -0.4 is 5.32 Å². The molecule has 1 heterocycles. The third-order valence-electron chi connectivity index (χ3n) is 3.54. The maximum Gasteiger partial charge on any atom is 0.286 e. The predicted molar refractivity (Wildman–Crippen MR) is 90.7 cm³/mol. The van der Waals surface area contributed by atoms with Gasteiger partial charge in [-0.15, -0.1) is 0 Å². The van der Waals surface area contributed by atoms with Gasteiger partial charge < -0.3 is 14.8 Å². The summed E-state index contributed by atoms with van der Waals surface area (Å²) in [5.41, 5.74) is -0.0610. The Kier molecular flexibility index (Phi) is 7.57. The van der Waals surface area contributed by atoms with Crippen LogP contribution in [0.2, 0.25) is 0 Å². The average molecular weight is 338 g/mol. The van der Waals surface area contributed by atoms with Crippen molar-refractivity contribution in [3.8, 4) is 0 Å². The summed E-state index contributed by atoms with van der Waals surface area (Å²) in [6, 6.07) is 1.63. The van der Waals surface area contributed by atoms with Crippen LogP contribution in [0.1, 0.15) is 27.7 Å². The standard InChI is InChI=1S/C16H26N4O4/c1-12(2)15(21)10-19(8-6-17-13(3)4)16(22)11-18-7-5-14(9-18)20(23)24/h5,7,9,12-13,17H,6,8,10-11H2,1-4H3. The SMILES string of the molecule is CC(C)NCCN(CC(=O)C(C)C)C(=O)Cn1ccc([N+](=O)[O-])c1. The van der Waals surface area contributed by atoms with E-state index >= 15 is 0 Å². The summed E-state index contributed by atoms with van der Waals surface area (Å²) in [6.07, 6.45) is 2.80. The minimum absolute atomic E-state index is 0.00798. The number of carbonyl (C=O) groups is 2. The first-order chi connectivity index (χ1) is 11.2. The van der Waals surface area contributed by atoms with Crippen molar-refractivity contribution < 1.29 is 14.5 Å². The summed E-state index contributed by atoms with van der Waals surface area (Å²) >= 11 is 0. The molecule has 8 heteroatoms. The van der Waals surface area contributed by atoms with Gasteiger partial charge in [0.15, 0.2) is 5.78 Å². The van der Waals surface area contributed by atoms with Crippen molar-refractivity contribution in [3.63, 3.8) is 0 Å². The van der Waals surface area contributed by atoms with Gasteiger partial charge in [0.1, 0.15) is 6.54 Å². The van der Waals surface area contributed by atoms with E-state index in [1.54, 1.807) is 13.8 Å². The highest BCUT2D eigenvalue weighted by molar-refractivity contribution is 5.87. The van der Waals surface area contributed by atoms with Crippen LogP contribution in [0.5, 0.6) is 0 Å². The van der Waals surface area contributed by atoms with Gasteiger partial charge in [-0.05, 0) is 0 Å². The summed E-state index contributed by atoms with van der Waals surface area (Å²) < 4.78 is 1.46. The second-order valence-electron chi connectivity index (χ2n) is 6.34. The second-order valence-corrected chi connectivity index (χ2v) is 6.34. The number of nitro groups is 1. The molecule has 1 aromatic rings. The fraction of sp³-hybridized carbons (Fsp3) is 0.625. The topological polar surface area (TPSA) is 97.5 Å². The van der Waals surface area contributed by atoms with E-state index in [9.17, 15) is 19.7 Å².